The van der Waals surface area contributed by atoms with E-state index >= 15 is 0 Å². The van der Waals surface area contributed by atoms with E-state index in [1.165, 1.54) is 14.7 Å². The van der Waals surface area contributed by atoms with Crippen LogP contribution < -0.4 is 14.2 Å². The zero-order chi connectivity index (χ0) is 32.1. The van der Waals surface area contributed by atoms with Crippen molar-refractivity contribution in [3.63, 3.8) is 0 Å². The van der Waals surface area contributed by atoms with Crippen molar-refractivity contribution < 1.29 is 40.4 Å². The van der Waals surface area contributed by atoms with Crippen LogP contribution in [0.25, 0.3) is 0 Å². The van der Waals surface area contributed by atoms with Gasteiger partial charge < -0.3 is 18.8 Å². The fourth-order valence-electron chi connectivity index (χ4n) is 3.46. The Morgan fingerprint density at radius 1 is 0.571 bits per heavy atom. The van der Waals surface area contributed by atoms with Gasteiger partial charge in [0.25, 0.3) is 0 Å². The van der Waals surface area contributed by atoms with Crippen LogP contribution in [0.1, 0.15) is 62.3 Å². The summed E-state index contributed by atoms with van der Waals surface area (Å²) in [5, 5.41) is 0. The third kappa shape index (κ3) is 12.1. The Morgan fingerprint density at radius 2 is 0.810 bits per heavy atom. The second kappa shape index (κ2) is 13.2. The molecule has 0 fully saturated rings. The third-order valence-electron chi connectivity index (χ3n) is 4.68. The van der Waals surface area contributed by atoms with E-state index in [-0.39, 0.29) is 27.7 Å². The van der Waals surface area contributed by atoms with Gasteiger partial charge in [0.1, 0.15) is 34.1 Å². The molecule has 232 valence electrons. The SMILES string of the molecule is CC(C)(C)Oc1cccc([S+](c2cccc(OC(C)(C)C)c2)c2cccc(OC(C)(C)C)c2)c1.O=S(=O)([O-])C(F)(F)F. The number of hydrogen-bond donors (Lipinski definition) is 0. The van der Waals surface area contributed by atoms with Gasteiger partial charge in [-0.25, -0.2) is 8.42 Å². The number of benzene rings is 3. The quantitative estimate of drug-likeness (QED) is 0.155. The highest BCUT2D eigenvalue weighted by molar-refractivity contribution is 7.97. The van der Waals surface area contributed by atoms with Crippen LogP contribution in [-0.4, -0.2) is 35.3 Å². The van der Waals surface area contributed by atoms with Gasteiger partial charge in [0.05, 0.1) is 10.9 Å². The number of rotatable bonds is 6. The summed E-state index contributed by atoms with van der Waals surface area (Å²) in [6.07, 6.45) is 0. The summed E-state index contributed by atoms with van der Waals surface area (Å²) in [5.41, 5.74) is -6.44. The summed E-state index contributed by atoms with van der Waals surface area (Å²) >= 11 is 0. The van der Waals surface area contributed by atoms with Crippen LogP contribution in [0.2, 0.25) is 0 Å². The lowest BCUT2D eigenvalue weighted by molar-refractivity contribution is -0.0517. The highest BCUT2D eigenvalue weighted by atomic mass is 32.2. The van der Waals surface area contributed by atoms with Crippen LogP contribution in [-0.2, 0) is 21.0 Å². The van der Waals surface area contributed by atoms with E-state index < -0.39 is 15.6 Å². The van der Waals surface area contributed by atoms with E-state index in [9.17, 15) is 13.2 Å². The summed E-state index contributed by atoms with van der Waals surface area (Å²) in [4.78, 5) is 3.55. The average molecular weight is 629 g/mol. The van der Waals surface area contributed by atoms with Crippen molar-refractivity contribution >= 4 is 21.0 Å². The molecule has 0 N–H and O–H groups in total. The van der Waals surface area contributed by atoms with Crippen molar-refractivity contribution in [1.29, 1.82) is 0 Å². The maximum Gasteiger partial charge on any atom is 0.485 e. The second-order valence-corrected chi connectivity index (χ2v) is 15.7. The third-order valence-corrected chi connectivity index (χ3v) is 7.42. The second-order valence-electron chi connectivity index (χ2n) is 12.3. The van der Waals surface area contributed by atoms with Crippen molar-refractivity contribution in [3.8, 4) is 17.2 Å². The lowest BCUT2D eigenvalue weighted by Gasteiger charge is -2.22. The van der Waals surface area contributed by atoms with E-state index in [0.29, 0.717) is 0 Å². The zero-order valence-electron chi connectivity index (χ0n) is 25.3. The molecule has 3 aromatic rings. The summed E-state index contributed by atoms with van der Waals surface area (Å²) in [7, 11) is -6.46. The molecule has 0 aliphatic heterocycles. The van der Waals surface area contributed by atoms with Crippen molar-refractivity contribution in [3.05, 3.63) is 72.8 Å². The molecule has 0 unspecified atom stereocenters. The molecule has 0 radical (unpaired) electrons. The van der Waals surface area contributed by atoms with Gasteiger partial charge in [0, 0.05) is 18.2 Å². The Hall–Kier alpha value is -2.89. The molecular weight excluding hydrogens is 589 g/mol. The van der Waals surface area contributed by atoms with Crippen LogP contribution in [0.5, 0.6) is 17.2 Å². The predicted octanol–water partition coefficient (Wildman–Crippen LogP) is 8.37. The largest absolute Gasteiger partial charge is 0.741 e. The van der Waals surface area contributed by atoms with Crippen molar-refractivity contribution in [1.82, 2.24) is 0 Å². The molecule has 0 atom stereocenters. The van der Waals surface area contributed by atoms with E-state index in [1.54, 1.807) is 0 Å². The monoisotopic (exact) mass is 628 g/mol. The summed E-state index contributed by atoms with van der Waals surface area (Å²) < 4.78 is 77.5. The molecule has 11 heteroatoms. The van der Waals surface area contributed by atoms with E-state index in [0.717, 1.165) is 17.2 Å². The zero-order valence-corrected chi connectivity index (χ0v) is 27.0. The van der Waals surface area contributed by atoms with Crippen LogP contribution in [0.15, 0.2) is 87.5 Å². The van der Waals surface area contributed by atoms with Gasteiger partial charge >= 0.3 is 5.51 Å². The Bertz CT molecular complexity index is 1290. The first-order valence-electron chi connectivity index (χ1n) is 13.1. The maximum absolute atomic E-state index is 10.7. The van der Waals surface area contributed by atoms with Crippen LogP contribution in [0.3, 0.4) is 0 Å². The summed E-state index contributed by atoms with van der Waals surface area (Å²) in [6, 6.07) is 25.3. The Balaban J connectivity index is 0.000000675. The van der Waals surface area contributed by atoms with Gasteiger partial charge in [0.15, 0.2) is 24.8 Å². The molecule has 6 nitrogen and oxygen atoms in total. The van der Waals surface area contributed by atoms with E-state index in [2.05, 4.69) is 117 Å². The molecule has 0 heterocycles. The molecule has 42 heavy (non-hydrogen) atoms. The van der Waals surface area contributed by atoms with Gasteiger partial charge in [-0.3, -0.25) is 0 Å². The maximum atomic E-state index is 10.7. The molecular formula is C31H39F3O6S2. The minimum atomic E-state index is -6.09. The van der Waals surface area contributed by atoms with Crippen LogP contribution in [0, 0.1) is 0 Å². The molecule has 0 saturated carbocycles. The van der Waals surface area contributed by atoms with Crippen molar-refractivity contribution in [2.45, 2.75) is 99.3 Å². The van der Waals surface area contributed by atoms with Gasteiger partial charge in [-0.1, -0.05) is 18.2 Å². The predicted molar refractivity (Wildman–Crippen MR) is 158 cm³/mol. The number of halogens is 3. The highest BCUT2D eigenvalue weighted by Gasteiger charge is 2.37. The molecule has 0 aliphatic rings. The number of alkyl halides is 3. The van der Waals surface area contributed by atoms with E-state index in [1.807, 2.05) is 18.2 Å². The normalized spacial score (nSPS) is 12.8. The Morgan fingerprint density at radius 3 is 1.00 bits per heavy atom. The van der Waals surface area contributed by atoms with Gasteiger partial charge in [0.2, 0.25) is 0 Å². The molecule has 0 bridgehead atoms. The van der Waals surface area contributed by atoms with Gasteiger partial charge in [-0.05, 0) is 98.7 Å². The number of ether oxygens (including phenoxy) is 3. The highest BCUT2D eigenvalue weighted by Crippen LogP contribution is 2.37. The van der Waals surface area contributed by atoms with Crippen molar-refractivity contribution in [2.24, 2.45) is 0 Å². The van der Waals surface area contributed by atoms with Crippen LogP contribution in [0.4, 0.5) is 13.2 Å². The van der Waals surface area contributed by atoms with Gasteiger partial charge in [-0.15, -0.1) is 0 Å². The first-order chi connectivity index (χ1) is 18.9. The lowest BCUT2D eigenvalue weighted by Crippen LogP contribution is -2.23. The Labute approximate surface area is 250 Å². The average Bonchev–Trinajstić information content (AvgIpc) is 2.76. The van der Waals surface area contributed by atoms with Crippen LogP contribution >= 0.6 is 0 Å². The standard InChI is InChI=1S/C30H39O3S.CHF3O3S/c1-28(2,3)31-22-13-10-16-25(19-22)34(26-17-11-14-23(20-26)32-29(4,5)6)27-18-12-15-24(21-27)33-30(7,8)9;2-1(3,4)8(5,6)7/h10-21H,1-9H3;(H,5,6,7)/q+1;/p-1. The van der Waals surface area contributed by atoms with Gasteiger partial charge in [-0.2, -0.15) is 13.2 Å². The molecule has 0 aliphatic carbocycles. The molecule has 0 saturated heterocycles. The minimum Gasteiger partial charge on any atom is -0.741 e. The molecule has 3 rings (SSSR count). The lowest BCUT2D eigenvalue weighted by atomic mass is 10.2. The van der Waals surface area contributed by atoms with E-state index in [4.69, 9.17) is 27.2 Å². The molecule has 3 aromatic carbocycles. The minimum absolute atomic E-state index is 0.266. The van der Waals surface area contributed by atoms with Crippen molar-refractivity contribution in [2.75, 3.05) is 0 Å². The fourth-order valence-corrected chi connectivity index (χ4v) is 5.63. The molecule has 0 spiro atoms. The first-order valence-corrected chi connectivity index (χ1v) is 15.7. The number of hydrogen-bond acceptors (Lipinski definition) is 6. The molecule has 0 aromatic heterocycles. The fraction of sp³-hybridized carbons (Fsp3) is 0.419. The molecule has 0 amide bonds. The summed E-state index contributed by atoms with van der Waals surface area (Å²) in [5.74, 6) is 2.60. The summed E-state index contributed by atoms with van der Waals surface area (Å²) in [6.45, 7) is 18.6. The topological polar surface area (TPSA) is 84.9 Å². The smallest absolute Gasteiger partial charge is 0.485 e. The first kappa shape index (κ1) is 35.3. The Kier molecular flexibility index (Phi) is 11.1.